The Bertz CT molecular complexity index is 906. The van der Waals surface area contributed by atoms with Gasteiger partial charge >= 0.3 is 0 Å². The lowest BCUT2D eigenvalue weighted by molar-refractivity contribution is 0.211. The third-order valence-electron chi connectivity index (χ3n) is 5.58. The third kappa shape index (κ3) is 3.63. The van der Waals surface area contributed by atoms with Crippen LogP contribution in [0.3, 0.4) is 0 Å². The number of nitrogens with zero attached hydrogens (tertiary/aromatic N) is 2. The molecule has 0 spiro atoms. The van der Waals surface area contributed by atoms with Crippen LogP contribution in [0, 0.1) is 0 Å². The van der Waals surface area contributed by atoms with E-state index < -0.39 is 0 Å². The number of rotatable bonds is 3. The zero-order chi connectivity index (χ0) is 18.8. The maximum Gasteiger partial charge on any atom is 0.173 e. The van der Waals surface area contributed by atoms with Crippen LogP contribution < -0.4 is 5.32 Å². The van der Waals surface area contributed by atoms with Crippen molar-refractivity contribution in [2.45, 2.75) is 58.0 Å². The van der Waals surface area contributed by atoms with Crippen molar-refractivity contribution in [2.75, 3.05) is 5.32 Å². The van der Waals surface area contributed by atoms with Crippen LogP contribution in [-0.2, 0) is 0 Å². The summed E-state index contributed by atoms with van der Waals surface area (Å²) in [6.45, 7) is 4.48. The molecule has 0 radical (unpaired) electrons. The van der Waals surface area contributed by atoms with Gasteiger partial charge in [0.15, 0.2) is 5.11 Å². The zero-order valence-electron chi connectivity index (χ0n) is 16.1. The second-order valence-electron chi connectivity index (χ2n) is 7.74. The largest absolute Gasteiger partial charge is 0.344 e. The van der Waals surface area contributed by atoms with Gasteiger partial charge in [-0.1, -0.05) is 55.7 Å². The van der Waals surface area contributed by atoms with Gasteiger partial charge in [0.1, 0.15) is 0 Å². The van der Waals surface area contributed by atoms with Crippen LogP contribution >= 0.6 is 12.2 Å². The highest BCUT2D eigenvalue weighted by Crippen LogP contribution is 2.32. The SMILES string of the molecule is CC(C)N(C(=S)Nc1c2ccccc2nc2ccccc12)C1CCCCC1. The number of hydrogen-bond acceptors (Lipinski definition) is 2. The average Bonchev–Trinajstić information content (AvgIpc) is 2.68. The second kappa shape index (κ2) is 7.81. The van der Waals surface area contributed by atoms with Crippen LogP contribution in [0.5, 0.6) is 0 Å². The number of benzene rings is 2. The summed E-state index contributed by atoms with van der Waals surface area (Å²) in [7, 11) is 0. The Hall–Kier alpha value is -2.20. The number of nitrogens with one attached hydrogen (secondary N) is 1. The van der Waals surface area contributed by atoms with Gasteiger partial charge in [-0.05, 0) is 51.0 Å². The second-order valence-corrected chi connectivity index (χ2v) is 8.13. The van der Waals surface area contributed by atoms with Crippen LogP contribution in [0.25, 0.3) is 21.8 Å². The first-order chi connectivity index (χ1) is 13.1. The summed E-state index contributed by atoms with van der Waals surface area (Å²) in [6.07, 6.45) is 6.42. The van der Waals surface area contributed by atoms with E-state index in [1.54, 1.807) is 0 Å². The van der Waals surface area contributed by atoms with Crippen molar-refractivity contribution < 1.29 is 0 Å². The normalized spacial score (nSPS) is 15.4. The summed E-state index contributed by atoms with van der Waals surface area (Å²) < 4.78 is 0. The molecule has 0 amide bonds. The van der Waals surface area contributed by atoms with Crippen LogP contribution in [-0.4, -0.2) is 27.1 Å². The molecule has 0 unspecified atom stereocenters. The van der Waals surface area contributed by atoms with Gasteiger partial charge in [0.2, 0.25) is 0 Å². The molecular weight excluding hydrogens is 350 g/mol. The Labute approximate surface area is 166 Å². The first kappa shape index (κ1) is 18.2. The van der Waals surface area contributed by atoms with E-state index in [0.29, 0.717) is 12.1 Å². The van der Waals surface area contributed by atoms with E-state index in [0.717, 1.165) is 32.6 Å². The first-order valence-corrected chi connectivity index (χ1v) is 10.4. The number of thiocarbonyl (C=S) groups is 1. The Kier molecular flexibility index (Phi) is 5.26. The van der Waals surface area contributed by atoms with Crippen molar-refractivity contribution in [3.05, 3.63) is 48.5 Å². The highest BCUT2D eigenvalue weighted by Gasteiger charge is 2.26. The molecule has 1 aliphatic rings. The smallest absolute Gasteiger partial charge is 0.173 e. The predicted molar refractivity (Wildman–Crippen MR) is 119 cm³/mol. The monoisotopic (exact) mass is 377 g/mol. The summed E-state index contributed by atoms with van der Waals surface area (Å²) in [5.74, 6) is 0. The quantitative estimate of drug-likeness (QED) is 0.439. The topological polar surface area (TPSA) is 28.2 Å². The molecule has 3 aromatic rings. The van der Waals surface area contributed by atoms with E-state index in [2.05, 4.69) is 60.5 Å². The van der Waals surface area contributed by atoms with Gasteiger partial charge in [0.05, 0.1) is 16.7 Å². The Morgan fingerprint density at radius 3 is 2.07 bits per heavy atom. The van der Waals surface area contributed by atoms with E-state index in [1.165, 1.54) is 32.1 Å². The van der Waals surface area contributed by atoms with E-state index in [9.17, 15) is 0 Å². The van der Waals surface area contributed by atoms with E-state index >= 15 is 0 Å². The Balaban J connectivity index is 1.75. The molecule has 1 aromatic heterocycles. The predicted octanol–water partition coefficient (Wildman–Crippen LogP) is 6.13. The molecule has 27 heavy (non-hydrogen) atoms. The molecule has 4 rings (SSSR count). The Morgan fingerprint density at radius 2 is 1.52 bits per heavy atom. The summed E-state index contributed by atoms with van der Waals surface area (Å²) in [4.78, 5) is 7.23. The molecule has 0 aliphatic heterocycles. The average molecular weight is 378 g/mol. The number of anilines is 1. The molecular formula is C23H27N3S. The van der Waals surface area contributed by atoms with E-state index in [-0.39, 0.29) is 0 Å². The fourth-order valence-corrected chi connectivity index (χ4v) is 4.79. The van der Waals surface area contributed by atoms with Crippen LogP contribution in [0.2, 0.25) is 0 Å². The molecule has 1 saturated carbocycles. The van der Waals surface area contributed by atoms with Gasteiger partial charge in [-0.2, -0.15) is 0 Å². The van der Waals surface area contributed by atoms with Gasteiger partial charge < -0.3 is 10.2 Å². The lowest BCUT2D eigenvalue weighted by Gasteiger charge is -2.39. The third-order valence-corrected chi connectivity index (χ3v) is 5.89. The van der Waals surface area contributed by atoms with Gasteiger partial charge in [-0.15, -0.1) is 0 Å². The van der Waals surface area contributed by atoms with Crippen molar-refractivity contribution in [2.24, 2.45) is 0 Å². The maximum absolute atomic E-state index is 5.93. The Morgan fingerprint density at radius 1 is 0.963 bits per heavy atom. The molecule has 1 fully saturated rings. The van der Waals surface area contributed by atoms with E-state index in [4.69, 9.17) is 17.2 Å². The highest BCUT2D eigenvalue weighted by molar-refractivity contribution is 7.80. The maximum atomic E-state index is 5.93. The van der Waals surface area contributed by atoms with E-state index in [1.807, 2.05) is 12.1 Å². The van der Waals surface area contributed by atoms with Gasteiger partial charge in [-0.25, -0.2) is 4.98 Å². The minimum absolute atomic E-state index is 0.382. The van der Waals surface area contributed by atoms with Gasteiger partial charge in [0.25, 0.3) is 0 Å². The zero-order valence-corrected chi connectivity index (χ0v) is 16.9. The minimum Gasteiger partial charge on any atom is -0.344 e. The molecule has 1 heterocycles. The highest BCUT2D eigenvalue weighted by atomic mass is 32.1. The van der Waals surface area contributed by atoms with Crippen molar-refractivity contribution >= 4 is 44.8 Å². The fourth-order valence-electron chi connectivity index (χ4n) is 4.33. The molecule has 1 N–H and O–H groups in total. The standard InChI is InChI=1S/C23H27N3S/c1-16(2)26(17-10-4-3-5-11-17)23(27)25-22-18-12-6-8-14-20(18)24-21-15-9-7-13-19(21)22/h6-9,12-17H,3-5,10-11H2,1-2H3,(H,24,25,27). The number of hydrogen-bond donors (Lipinski definition) is 1. The van der Waals surface area contributed by atoms with Crippen LogP contribution in [0.1, 0.15) is 46.0 Å². The molecule has 0 saturated heterocycles. The van der Waals surface area contributed by atoms with Crippen molar-refractivity contribution in [1.29, 1.82) is 0 Å². The number of pyridine rings is 1. The van der Waals surface area contributed by atoms with Gasteiger partial charge in [-0.3, -0.25) is 0 Å². The molecule has 3 nitrogen and oxygen atoms in total. The lowest BCUT2D eigenvalue weighted by Crippen LogP contribution is -2.47. The van der Waals surface area contributed by atoms with Crippen molar-refractivity contribution in [3.8, 4) is 0 Å². The molecule has 140 valence electrons. The van der Waals surface area contributed by atoms with Crippen LogP contribution in [0.15, 0.2) is 48.5 Å². The molecule has 0 atom stereocenters. The van der Waals surface area contributed by atoms with Crippen LogP contribution in [0.4, 0.5) is 5.69 Å². The van der Waals surface area contributed by atoms with Gasteiger partial charge in [0, 0.05) is 22.9 Å². The molecule has 4 heteroatoms. The number of fused-ring (bicyclic) bond motifs is 2. The fraction of sp³-hybridized carbons (Fsp3) is 0.391. The van der Waals surface area contributed by atoms with Crippen molar-refractivity contribution in [1.82, 2.24) is 9.88 Å². The number of para-hydroxylation sites is 2. The summed E-state index contributed by atoms with van der Waals surface area (Å²) in [6, 6.07) is 17.5. The molecule has 2 aromatic carbocycles. The first-order valence-electron chi connectivity index (χ1n) is 10.0. The van der Waals surface area contributed by atoms with Crippen molar-refractivity contribution in [3.63, 3.8) is 0 Å². The number of aromatic nitrogens is 1. The molecule has 1 aliphatic carbocycles. The minimum atomic E-state index is 0.382. The molecule has 0 bridgehead atoms. The summed E-state index contributed by atoms with van der Waals surface area (Å²) in [5, 5.41) is 6.69. The summed E-state index contributed by atoms with van der Waals surface area (Å²) >= 11 is 5.93. The lowest BCUT2D eigenvalue weighted by atomic mass is 9.93. The summed E-state index contributed by atoms with van der Waals surface area (Å²) in [5.41, 5.74) is 3.06.